The topological polar surface area (TPSA) is 37.3 Å². The van der Waals surface area contributed by atoms with Crippen LogP contribution >= 0.6 is 0 Å². The minimum absolute atomic E-state index is 0.0996. The summed E-state index contributed by atoms with van der Waals surface area (Å²) in [5.74, 6) is -6.15. The minimum Gasteiger partial charge on any atom is -0.481 e. The number of alkyl halides is 3. The fraction of sp³-hybridized carbons (Fsp3) is 0.364. The van der Waals surface area contributed by atoms with Crippen molar-refractivity contribution in [2.24, 2.45) is 5.92 Å². The van der Waals surface area contributed by atoms with Gasteiger partial charge in [0.2, 0.25) is 0 Å². The lowest BCUT2D eigenvalue weighted by Crippen LogP contribution is -2.27. The van der Waals surface area contributed by atoms with Gasteiger partial charge in [-0.25, -0.2) is 8.78 Å². The van der Waals surface area contributed by atoms with Crippen molar-refractivity contribution >= 4 is 5.97 Å². The molecule has 0 heterocycles. The number of hydrogen-bond donors (Lipinski definition) is 1. The molecule has 100 valence electrons. The molecule has 0 amide bonds. The second-order valence-electron chi connectivity index (χ2n) is 3.79. The van der Waals surface area contributed by atoms with Crippen LogP contribution in [0.1, 0.15) is 12.0 Å². The van der Waals surface area contributed by atoms with Gasteiger partial charge in [-0.05, 0) is 24.1 Å². The molecular weight excluding hydrogens is 259 g/mol. The quantitative estimate of drug-likeness (QED) is 0.852. The Labute approximate surface area is 99.0 Å². The van der Waals surface area contributed by atoms with Gasteiger partial charge >= 0.3 is 12.1 Å². The van der Waals surface area contributed by atoms with Crippen LogP contribution in [0.5, 0.6) is 0 Å². The van der Waals surface area contributed by atoms with Gasteiger partial charge in [-0.3, -0.25) is 4.79 Å². The maximum absolute atomic E-state index is 12.8. The molecular formula is C11H9F5O2. The highest BCUT2D eigenvalue weighted by molar-refractivity contribution is 5.67. The summed E-state index contributed by atoms with van der Waals surface area (Å²) in [6.45, 7) is 0. The third kappa shape index (κ3) is 3.97. The van der Waals surface area contributed by atoms with Gasteiger partial charge in [-0.15, -0.1) is 0 Å². The van der Waals surface area contributed by atoms with Gasteiger partial charge < -0.3 is 5.11 Å². The number of carbonyl (C=O) groups is 1. The molecule has 1 N–H and O–H groups in total. The molecule has 18 heavy (non-hydrogen) atoms. The highest BCUT2D eigenvalue weighted by Gasteiger charge is 2.40. The summed E-state index contributed by atoms with van der Waals surface area (Å²) in [5.41, 5.74) is -0.0996. The first-order valence-corrected chi connectivity index (χ1v) is 4.92. The lowest BCUT2D eigenvalue weighted by atomic mass is 9.95. The third-order valence-electron chi connectivity index (χ3n) is 2.35. The Morgan fingerprint density at radius 2 is 1.83 bits per heavy atom. The van der Waals surface area contributed by atoms with Crippen LogP contribution in [0.2, 0.25) is 0 Å². The zero-order valence-electron chi connectivity index (χ0n) is 8.97. The van der Waals surface area contributed by atoms with Crippen LogP contribution in [0.3, 0.4) is 0 Å². The molecule has 1 atom stereocenters. The van der Waals surface area contributed by atoms with Crippen molar-refractivity contribution in [1.29, 1.82) is 0 Å². The number of rotatable bonds is 4. The van der Waals surface area contributed by atoms with E-state index in [4.69, 9.17) is 5.11 Å². The average Bonchev–Trinajstić information content (AvgIpc) is 2.20. The second kappa shape index (κ2) is 5.32. The van der Waals surface area contributed by atoms with E-state index in [1.54, 1.807) is 0 Å². The molecule has 0 aromatic heterocycles. The van der Waals surface area contributed by atoms with E-state index in [0.717, 1.165) is 6.07 Å². The molecule has 0 fully saturated rings. The Morgan fingerprint density at radius 1 is 1.22 bits per heavy atom. The van der Waals surface area contributed by atoms with Crippen LogP contribution in [0.4, 0.5) is 22.0 Å². The first-order chi connectivity index (χ1) is 8.20. The van der Waals surface area contributed by atoms with Crippen LogP contribution < -0.4 is 0 Å². The van der Waals surface area contributed by atoms with E-state index >= 15 is 0 Å². The molecule has 0 spiro atoms. The summed E-state index contributed by atoms with van der Waals surface area (Å²) in [4.78, 5) is 10.3. The number of benzene rings is 1. The molecule has 1 aromatic carbocycles. The zero-order chi connectivity index (χ0) is 13.9. The molecule has 1 aromatic rings. The lowest BCUT2D eigenvalue weighted by Gasteiger charge is -2.18. The zero-order valence-corrected chi connectivity index (χ0v) is 8.97. The molecule has 0 bridgehead atoms. The first-order valence-electron chi connectivity index (χ1n) is 4.92. The molecule has 2 nitrogen and oxygen atoms in total. The SMILES string of the molecule is O=C(O)CC(Cc1ccc(F)c(F)c1)C(F)(F)F. The number of hydrogen-bond acceptors (Lipinski definition) is 1. The Balaban J connectivity index is 2.89. The van der Waals surface area contributed by atoms with Crippen LogP contribution in [0, 0.1) is 17.6 Å². The van der Waals surface area contributed by atoms with Gasteiger partial charge in [-0.2, -0.15) is 13.2 Å². The molecule has 0 aliphatic heterocycles. The van der Waals surface area contributed by atoms with Crippen molar-refractivity contribution in [3.8, 4) is 0 Å². The molecule has 0 saturated heterocycles. The number of carboxylic acids is 1. The van der Waals surface area contributed by atoms with E-state index in [0.29, 0.717) is 12.1 Å². The van der Waals surface area contributed by atoms with Crippen molar-refractivity contribution in [2.45, 2.75) is 19.0 Å². The van der Waals surface area contributed by atoms with E-state index in [1.807, 2.05) is 0 Å². The summed E-state index contributed by atoms with van der Waals surface area (Å²) in [5, 5.41) is 8.39. The van der Waals surface area contributed by atoms with Crippen LogP contribution in [-0.2, 0) is 11.2 Å². The summed E-state index contributed by atoms with van der Waals surface area (Å²) in [7, 11) is 0. The van der Waals surface area contributed by atoms with Crippen molar-refractivity contribution in [3.63, 3.8) is 0 Å². The summed E-state index contributed by atoms with van der Waals surface area (Å²) in [6.07, 6.45) is -6.52. The van der Waals surface area contributed by atoms with Crippen molar-refractivity contribution in [2.75, 3.05) is 0 Å². The lowest BCUT2D eigenvalue weighted by molar-refractivity contribution is -0.182. The smallest absolute Gasteiger partial charge is 0.392 e. The maximum Gasteiger partial charge on any atom is 0.392 e. The van der Waals surface area contributed by atoms with E-state index in [1.165, 1.54) is 0 Å². The highest BCUT2D eigenvalue weighted by atomic mass is 19.4. The largest absolute Gasteiger partial charge is 0.481 e. The van der Waals surface area contributed by atoms with Crippen molar-refractivity contribution in [1.82, 2.24) is 0 Å². The van der Waals surface area contributed by atoms with Crippen LogP contribution in [-0.4, -0.2) is 17.3 Å². The molecule has 1 unspecified atom stereocenters. The number of halogens is 5. The number of aliphatic carboxylic acids is 1. The first kappa shape index (κ1) is 14.4. The molecule has 1 rings (SSSR count). The van der Waals surface area contributed by atoms with Gasteiger partial charge in [0, 0.05) is 0 Å². The standard InChI is InChI=1S/C11H9F5O2/c12-8-2-1-6(4-9(8)13)3-7(5-10(17)18)11(14,15)16/h1-2,4,7H,3,5H2,(H,17,18). The Kier molecular flexibility index (Phi) is 4.26. The highest BCUT2D eigenvalue weighted by Crippen LogP contribution is 2.32. The maximum atomic E-state index is 12.8. The molecule has 0 radical (unpaired) electrons. The fourth-order valence-electron chi connectivity index (χ4n) is 1.47. The Bertz CT molecular complexity index is 442. The van der Waals surface area contributed by atoms with E-state index < -0.39 is 42.5 Å². The Morgan fingerprint density at radius 3 is 2.28 bits per heavy atom. The summed E-state index contributed by atoms with van der Waals surface area (Å²) < 4.78 is 62.9. The van der Waals surface area contributed by atoms with E-state index in [9.17, 15) is 26.7 Å². The fourth-order valence-corrected chi connectivity index (χ4v) is 1.47. The normalized spacial score (nSPS) is 13.4. The molecule has 0 aliphatic carbocycles. The van der Waals surface area contributed by atoms with Crippen LogP contribution in [0.15, 0.2) is 18.2 Å². The van der Waals surface area contributed by atoms with Gasteiger partial charge in [0.25, 0.3) is 0 Å². The van der Waals surface area contributed by atoms with Gasteiger partial charge in [0.05, 0.1) is 12.3 Å². The van der Waals surface area contributed by atoms with Gasteiger partial charge in [0.1, 0.15) is 0 Å². The number of carboxylic acid groups (broad SMARTS) is 1. The van der Waals surface area contributed by atoms with Gasteiger partial charge in [-0.1, -0.05) is 6.07 Å². The third-order valence-corrected chi connectivity index (χ3v) is 2.35. The second-order valence-corrected chi connectivity index (χ2v) is 3.79. The molecule has 7 heteroatoms. The predicted octanol–water partition coefficient (Wildman–Crippen LogP) is 3.16. The molecule has 0 saturated carbocycles. The van der Waals surface area contributed by atoms with Crippen LogP contribution in [0.25, 0.3) is 0 Å². The van der Waals surface area contributed by atoms with Crippen molar-refractivity contribution in [3.05, 3.63) is 35.4 Å². The Hall–Kier alpha value is -1.66. The monoisotopic (exact) mass is 268 g/mol. The van der Waals surface area contributed by atoms with Gasteiger partial charge in [0.15, 0.2) is 11.6 Å². The molecule has 0 aliphatic rings. The van der Waals surface area contributed by atoms with Crippen molar-refractivity contribution < 1.29 is 31.9 Å². The minimum atomic E-state index is -4.71. The van der Waals surface area contributed by atoms with E-state index in [2.05, 4.69) is 0 Å². The predicted molar refractivity (Wildman–Crippen MR) is 51.9 cm³/mol. The van der Waals surface area contributed by atoms with E-state index in [-0.39, 0.29) is 5.56 Å². The summed E-state index contributed by atoms with van der Waals surface area (Å²) >= 11 is 0. The summed E-state index contributed by atoms with van der Waals surface area (Å²) in [6, 6.07) is 2.34. The average molecular weight is 268 g/mol.